The van der Waals surface area contributed by atoms with Gasteiger partial charge in [-0.1, -0.05) is 13.8 Å². The summed E-state index contributed by atoms with van der Waals surface area (Å²) in [6.45, 7) is 7.74. The number of nitrogens with zero attached hydrogens (tertiary/aromatic N) is 1. The van der Waals surface area contributed by atoms with E-state index in [-0.39, 0.29) is 12.5 Å². The number of amides is 1. The van der Waals surface area contributed by atoms with E-state index < -0.39 is 22.8 Å². The van der Waals surface area contributed by atoms with Gasteiger partial charge in [0.15, 0.2) is 0 Å². The van der Waals surface area contributed by atoms with Gasteiger partial charge in [-0.3, -0.25) is 4.79 Å². The van der Waals surface area contributed by atoms with Crippen LogP contribution in [0.3, 0.4) is 0 Å². The molecular weight excluding hydrogens is 292 g/mol. The predicted octanol–water partition coefficient (Wildman–Crippen LogP) is 1.84. The molecule has 1 aliphatic rings. The molecule has 0 unspecified atom stereocenters. The van der Waals surface area contributed by atoms with E-state index in [9.17, 15) is 14.7 Å². The van der Waals surface area contributed by atoms with Crippen LogP contribution in [-0.4, -0.2) is 39.6 Å². The van der Waals surface area contributed by atoms with Crippen molar-refractivity contribution in [3.05, 3.63) is 16.6 Å². The van der Waals surface area contributed by atoms with Gasteiger partial charge in [-0.05, 0) is 25.4 Å². The zero-order valence-electron chi connectivity index (χ0n) is 12.6. The first-order valence-electron chi connectivity index (χ1n) is 6.84. The molecule has 0 aliphatic heterocycles. The normalized spacial score (nSPS) is 27.0. The molecule has 0 spiro atoms. The number of hydrogen-bond acceptors (Lipinski definition) is 5. The number of aliphatic carboxylic acids is 1. The molecule has 0 bridgehead atoms. The lowest BCUT2D eigenvalue weighted by Gasteiger charge is -2.58. The maximum atomic E-state index is 12.3. The maximum Gasteiger partial charge on any atom is 0.330 e. The summed E-state index contributed by atoms with van der Waals surface area (Å²) < 4.78 is 9.62. The van der Waals surface area contributed by atoms with Gasteiger partial charge < -0.3 is 15.2 Å². The highest BCUT2D eigenvalue weighted by atomic mass is 32.1. The Kier molecular flexibility index (Phi) is 4.08. The summed E-state index contributed by atoms with van der Waals surface area (Å²) in [6, 6.07) is 0. The second kappa shape index (κ2) is 5.38. The molecule has 116 valence electrons. The van der Waals surface area contributed by atoms with Crippen LogP contribution in [0.4, 0.5) is 0 Å². The van der Waals surface area contributed by atoms with E-state index in [1.807, 2.05) is 20.8 Å². The van der Waals surface area contributed by atoms with E-state index >= 15 is 0 Å². The van der Waals surface area contributed by atoms with E-state index in [1.165, 1.54) is 11.5 Å². The van der Waals surface area contributed by atoms with Crippen molar-refractivity contribution in [3.8, 4) is 0 Å². The van der Waals surface area contributed by atoms with Crippen LogP contribution >= 0.6 is 11.5 Å². The molecule has 0 aromatic carbocycles. The first kappa shape index (κ1) is 15.9. The van der Waals surface area contributed by atoms with Gasteiger partial charge in [0.2, 0.25) is 0 Å². The fraction of sp³-hybridized carbons (Fsp3) is 0.643. The highest BCUT2D eigenvalue weighted by Gasteiger charge is 2.66. The second-order valence-corrected chi connectivity index (χ2v) is 6.48. The first-order chi connectivity index (χ1) is 9.76. The number of hydrogen-bond donors (Lipinski definition) is 2. The third-order valence-corrected chi connectivity index (χ3v) is 5.17. The molecule has 0 radical (unpaired) electrons. The molecule has 1 aliphatic carbocycles. The molecule has 1 amide bonds. The molecule has 1 saturated carbocycles. The minimum Gasteiger partial charge on any atom is -0.479 e. The van der Waals surface area contributed by atoms with Crippen molar-refractivity contribution >= 4 is 23.4 Å². The number of carboxylic acid groups (broad SMARTS) is 1. The highest BCUT2D eigenvalue weighted by molar-refractivity contribution is 7.03. The molecule has 0 saturated heterocycles. The number of nitrogens with one attached hydrogen (secondary N) is 1. The standard InChI is InChI=1S/C14H20N2O4S/c1-5-20-10-6-14(12(18)19,13(10,3)4)15-11(17)9-7-21-16-8(9)2/h7,10H,5-6H2,1-4H3,(H,15,17)(H,18,19)/t10-,14-/m0/s1. The Bertz CT molecular complexity index is 569. The van der Waals surface area contributed by atoms with Gasteiger partial charge in [0.25, 0.3) is 5.91 Å². The number of aromatic nitrogens is 1. The minimum absolute atomic E-state index is 0.180. The average Bonchev–Trinajstić information content (AvgIpc) is 2.83. The van der Waals surface area contributed by atoms with E-state index in [4.69, 9.17) is 4.74 Å². The van der Waals surface area contributed by atoms with Crippen molar-refractivity contribution in [2.45, 2.75) is 45.8 Å². The quantitative estimate of drug-likeness (QED) is 0.866. The summed E-state index contributed by atoms with van der Waals surface area (Å²) in [5, 5.41) is 14.0. The molecule has 1 fully saturated rings. The second-order valence-electron chi connectivity index (χ2n) is 5.85. The van der Waals surface area contributed by atoms with Crippen LogP contribution in [0.5, 0.6) is 0 Å². The topological polar surface area (TPSA) is 88.5 Å². The molecule has 2 N–H and O–H groups in total. The average molecular weight is 312 g/mol. The number of carbonyl (C=O) groups excluding carboxylic acids is 1. The van der Waals surface area contributed by atoms with Crippen molar-refractivity contribution in [2.24, 2.45) is 5.41 Å². The van der Waals surface area contributed by atoms with Crippen molar-refractivity contribution in [1.29, 1.82) is 0 Å². The van der Waals surface area contributed by atoms with Gasteiger partial charge in [0.05, 0.1) is 17.4 Å². The van der Waals surface area contributed by atoms with Gasteiger partial charge in [0.1, 0.15) is 5.54 Å². The molecule has 1 heterocycles. The molecule has 6 nitrogen and oxygen atoms in total. The number of carboxylic acids is 1. The Morgan fingerprint density at radius 3 is 2.67 bits per heavy atom. The Labute approximate surface area is 127 Å². The monoisotopic (exact) mass is 312 g/mol. The number of rotatable bonds is 5. The maximum absolute atomic E-state index is 12.3. The van der Waals surface area contributed by atoms with Crippen LogP contribution in [0.2, 0.25) is 0 Å². The number of carbonyl (C=O) groups is 2. The van der Waals surface area contributed by atoms with Crippen molar-refractivity contribution < 1.29 is 19.4 Å². The zero-order chi connectivity index (χ0) is 15.8. The Balaban J connectivity index is 2.24. The fourth-order valence-electron chi connectivity index (χ4n) is 2.81. The SMILES string of the molecule is CCO[C@H]1C[C@](NC(=O)c2csnc2C)(C(=O)O)C1(C)C. The largest absolute Gasteiger partial charge is 0.479 e. The van der Waals surface area contributed by atoms with E-state index in [0.29, 0.717) is 17.9 Å². The first-order valence-corrected chi connectivity index (χ1v) is 7.68. The van der Waals surface area contributed by atoms with Crippen LogP contribution in [0.25, 0.3) is 0 Å². The Hall–Kier alpha value is -1.47. The lowest BCUT2D eigenvalue weighted by Crippen LogP contribution is -2.76. The summed E-state index contributed by atoms with van der Waals surface area (Å²) in [5.41, 5.74) is -0.951. The van der Waals surface area contributed by atoms with E-state index in [0.717, 1.165) is 0 Å². The zero-order valence-corrected chi connectivity index (χ0v) is 13.4. The summed E-state index contributed by atoms with van der Waals surface area (Å²) in [7, 11) is 0. The lowest BCUT2D eigenvalue weighted by atomic mass is 9.54. The van der Waals surface area contributed by atoms with Crippen molar-refractivity contribution in [3.63, 3.8) is 0 Å². The predicted molar refractivity (Wildman–Crippen MR) is 78.5 cm³/mol. The number of ether oxygens (including phenoxy) is 1. The molecule has 21 heavy (non-hydrogen) atoms. The molecule has 2 atom stereocenters. The van der Waals surface area contributed by atoms with Gasteiger partial charge in [-0.15, -0.1) is 0 Å². The molecular formula is C14H20N2O4S. The van der Waals surface area contributed by atoms with Crippen molar-refractivity contribution in [2.75, 3.05) is 6.61 Å². The van der Waals surface area contributed by atoms with Crippen molar-refractivity contribution in [1.82, 2.24) is 9.69 Å². The fourth-order valence-corrected chi connectivity index (χ4v) is 3.50. The highest BCUT2D eigenvalue weighted by Crippen LogP contribution is 2.51. The summed E-state index contributed by atoms with van der Waals surface area (Å²) >= 11 is 1.18. The van der Waals surface area contributed by atoms with Crippen LogP contribution in [0.1, 0.15) is 43.2 Å². The minimum atomic E-state index is -1.31. The van der Waals surface area contributed by atoms with Crippen LogP contribution in [0.15, 0.2) is 5.38 Å². The van der Waals surface area contributed by atoms with E-state index in [1.54, 1.807) is 12.3 Å². The smallest absolute Gasteiger partial charge is 0.330 e. The summed E-state index contributed by atoms with van der Waals surface area (Å²) in [4.78, 5) is 24.1. The summed E-state index contributed by atoms with van der Waals surface area (Å²) in [5.74, 6) is -1.43. The van der Waals surface area contributed by atoms with E-state index in [2.05, 4.69) is 9.69 Å². The van der Waals surface area contributed by atoms with Gasteiger partial charge in [0, 0.05) is 23.8 Å². The van der Waals surface area contributed by atoms with Gasteiger partial charge in [-0.2, -0.15) is 4.37 Å². The molecule has 7 heteroatoms. The lowest BCUT2D eigenvalue weighted by molar-refractivity contribution is -0.190. The van der Waals surface area contributed by atoms with Crippen LogP contribution < -0.4 is 5.32 Å². The molecule has 2 rings (SSSR count). The van der Waals surface area contributed by atoms with Gasteiger partial charge in [-0.25, -0.2) is 4.79 Å². The molecule has 1 aromatic rings. The number of aryl methyl sites for hydroxylation is 1. The van der Waals surface area contributed by atoms with Gasteiger partial charge >= 0.3 is 5.97 Å². The van der Waals surface area contributed by atoms with Crippen LogP contribution in [0, 0.1) is 12.3 Å². The Morgan fingerprint density at radius 1 is 1.57 bits per heavy atom. The molecule has 1 aromatic heterocycles. The van der Waals surface area contributed by atoms with Crippen LogP contribution in [-0.2, 0) is 9.53 Å². The summed E-state index contributed by atoms with van der Waals surface area (Å²) in [6.07, 6.45) is 0.0894. The third-order valence-electron chi connectivity index (χ3n) is 4.45. The third kappa shape index (κ3) is 2.34. The Morgan fingerprint density at radius 2 is 2.24 bits per heavy atom.